The zero-order valence-corrected chi connectivity index (χ0v) is 16.9. The molecule has 7 nitrogen and oxygen atoms in total. The van der Waals surface area contributed by atoms with E-state index in [0.717, 1.165) is 5.69 Å². The zero-order chi connectivity index (χ0) is 20.1. The number of methoxy groups -OCH3 is 1. The molecule has 2 heterocycles. The van der Waals surface area contributed by atoms with Gasteiger partial charge in [-0.2, -0.15) is 0 Å². The molecule has 0 radical (unpaired) electrons. The van der Waals surface area contributed by atoms with Crippen LogP contribution in [-0.4, -0.2) is 44.8 Å². The first kappa shape index (κ1) is 20.3. The van der Waals surface area contributed by atoms with Crippen molar-refractivity contribution < 1.29 is 17.9 Å². The highest BCUT2D eigenvalue weighted by Gasteiger charge is 2.29. The number of sulfonamides is 1. The summed E-state index contributed by atoms with van der Waals surface area (Å²) in [7, 11) is -2.13. The van der Waals surface area contributed by atoms with E-state index in [9.17, 15) is 13.2 Å². The van der Waals surface area contributed by atoms with E-state index in [1.165, 1.54) is 18.9 Å². The summed E-state index contributed by atoms with van der Waals surface area (Å²) in [6.45, 7) is 3.57. The number of nitrogens with zero attached hydrogens (tertiary/aromatic N) is 2. The number of hydrogen-bond donors (Lipinski definition) is 1. The van der Waals surface area contributed by atoms with Crippen LogP contribution in [-0.2, 0) is 21.3 Å². The Morgan fingerprint density at radius 3 is 2.61 bits per heavy atom. The monoisotopic (exact) mass is 403 g/mol. The van der Waals surface area contributed by atoms with Gasteiger partial charge in [0.05, 0.1) is 30.2 Å². The van der Waals surface area contributed by atoms with Crippen LogP contribution in [0.3, 0.4) is 0 Å². The minimum absolute atomic E-state index is 0.0991. The molecule has 0 aliphatic carbocycles. The van der Waals surface area contributed by atoms with Gasteiger partial charge in [0.1, 0.15) is 0 Å². The number of pyridine rings is 1. The summed E-state index contributed by atoms with van der Waals surface area (Å²) >= 11 is 0. The van der Waals surface area contributed by atoms with Crippen LogP contribution >= 0.6 is 0 Å². The lowest BCUT2D eigenvalue weighted by atomic mass is 10.1. The predicted molar refractivity (Wildman–Crippen MR) is 108 cm³/mol. The van der Waals surface area contributed by atoms with Gasteiger partial charge in [-0.05, 0) is 49.6 Å². The lowest BCUT2D eigenvalue weighted by Crippen LogP contribution is -2.43. The number of piperidine rings is 1. The molecular formula is C20H25N3O4S. The summed E-state index contributed by atoms with van der Waals surface area (Å²) in [6, 6.07) is 11.4. The standard InChI is InChI=1S/C20H25N3O4S/c1-15-4-3-5-18(12-15)23-10-8-19(9-11-23)28(25,26)22-14-17-7-6-16(13-21-17)20(24)27-2/h3-7,12-13,19,22H,8-11,14H2,1-2H3. The Bertz CT molecular complexity index is 921. The fourth-order valence-electron chi connectivity index (χ4n) is 3.31. The fourth-order valence-corrected chi connectivity index (χ4v) is 4.73. The Morgan fingerprint density at radius 1 is 1.25 bits per heavy atom. The minimum atomic E-state index is -3.43. The molecule has 1 N–H and O–H groups in total. The number of ether oxygens (including phenoxy) is 1. The van der Waals surface area contributed by atoms with Crippen molar-refractivity contribution in [3.63, 3.8) is 0 Å². The van der Waals surface area contributed by atoms with Gasteiger partial charge in [0.2, 0.25) is 10.0 Å². The van der Waals surface area contributed by atoms with Crippen LogP contribution in [0.25, 0.3) is 0 Å². The second-order valence-corrected chi connectivity index (χ2v) is 8.97. The highest BCUT2D eigenvalue weighted by Crippen LogP contribution is 2.23. The number of nitrogens with one attached hydrogen (secondary N) is 1. The lowest BCUT2D eigenvalue weighted by Gasteiger charge is -2.33. The van der Waals surface area contributed by atoms with E-state index >= 15 is 0 Å². The first-order valence-electron chi connectivity index (χ1n) is 9.22. The summed E-state index contributed by atoms with van der Waals surface area (Å²) in [6.07, 6.45) is 2.55. The van der Waals surface area contributed by atoms with E-state index < -0.39 is 21.2 Å². The molecule has 0 amide bonds. The maximum Gasteiger partial charge on any atom is 0.339 e. The number of anilines is 1. The molecule has 3 rings (SSSR count). The van der Waals surface area contributed by atoms with Gasteiger partial charge in [-0.3, -0.25) is 4.98 Å². The number of aromatic nitrogens is 1. The zero-order valence-electron chi connectivity index (χ0n) is 16.1. The third kappa shape index (κ3) is 4.88. The van der Waals surface area contributed by atoms with Gasteiger partial charge in [-0.1, -0.05) is 12.1 Å². The van der Waals surface area contributed by atoms with Gasteiger partial charge in [0.15, 0.2) is 0 Å². The van der Waals surface area contributed by atoms with Crippen LogP contribution in [0.4, 0.5) is 5.69 Å². The molecule has 0 bridgehead atoms. The van der Waals surface area contributed by atoms with Crippen LogP contribution in [0.5, 0.6) is 0 Å². The normalized spacial score (nSPS) is 15.4. The van der Waals surface area contributed by atoms with Crippen molar-refractivity contribution in [3.05, 3.63) is 59.4 Å². The molecule has 2 aromatic rings. The highest BCUT2D eigenvalue weighted by atomic mass is 32.2. The molecule has 0 unspecified atom stereocenters. The molecule has 1 aliphatic heterocycles. The molecule has 1 aromatic carbocycles. The summed E-state index contributed by atoms with van der Waals surface area (Å²) in [4.78, 5) is 17.8. The van der Waals surface area contributed by atoms with E-state index in [2.05, 4.69) is 44.5 Å². The third-order valence-electron chi connectivity index (χ3n) is 4.95. The largest absolute Gasteiger partial charge is 0.465 e. The Labute approximate surface area is 165 Å². The summed E-state index contributed by atoms with van der Waals surface area (Å²) < 4.78 is 32.6. The molecule has 150 valence electrons. The molecule has 28 heavy (non-hydrogen) atoms. The van der Waals surface area contributed by atoms with Gasteiger partial charge in [-0.15, -0.1) is 0 Å². The predicted octanol–water partition coefficient (Wildman–Crippen LogP) is 2.27. The second-order valence-electron chi connectivity index (χ2n) is 6.92. The van der Waals surface area contributed by atoms with Crippen LogP contribution in [0, 0.1) is 6.92 Å². The van der Waals surface area contributed by atoms with E-state index in [0.29, 0.717) is 37.2 Å². The molecule has 0 saturated carbocycles. The number of hydrogen-bond acceptors (Lipinski definition) is 6. The van der Waals surface area contributed by atoms with Crippen LogP contribution in [0.15, 0.2) is 42.6 Å². The average Bonchev–Trinajstić information content (AvgIpc) is 2.72. The first-order chi connectivity index (χ1) is 13.4. The second kappa shape index (κ2) is 8.70. The van der Waals surface area contributed by atoms with E-state index in [-0.39, 0.29) is 6.54 Å². The Morgan fingerprint density at radius 2 is 2.00 bits per heavy atom. The van der Waals surface area contributed by atoms with Crippen molar-refractivity contribution in [2.75, 3.05) is 25.1 Å². The van der Waals surface area contributed by atoms with E-state index in [4.69, 9.17) is 0 Å². The molecule has 8 heteroatoms. The minimum Gasteiger partial charge on any atom is -0.465 e. The summed E-state index contributed by atoms with van der Waals surface area (Å²) in [5.41, 5.74) is 3.21. The van der Waals surface area contributed by atoms with Crippen molar-refractivity contribution in [2.45, 2.75) is 31.6 Å². The molecule has 1 aliphatic rings. The van der Waals surface area contributed by atoms with Crippen LogP contribution in [0.2, 0.25) is 0 Å². The summed E-state index contributed by atoms with van der Waals surface area (Å²) in [5.74, 6) is -0.472. The van der Waals surface area contributed by atoms with Crippen LogP contribution in [0.1, 0.15) is 34.5 Å². The molecular weight excluding hydrogens is 378 g/mol. The SMILES string of the molecule is COC(=O)c1ccc(CNS(=O)(=O)C2CCN(c3cccc(C)c3)CC2)nc1. The van der Waals surface area contributed by atoms with E-state index in [1.807, 2.05) is 6.07 Å². The Kier molecular flexibility index (Phi) is 6.31. The smallest absolute Gasteiger partial charge is 0.339 e. The van der Waals surface area contributed by atoms with Crippen molar-refractivity contribution in [2.24, 2.45) is 0 Å². The van der Waals surface area contributed by atoms with Crippen molar-refractivity contribution in [1.29, 1.82) is 0 Å². The van der Waals surface area contributed by atoms with Gasteiger partial charge < -0.3 is 9.64 Å². The van der Waals surface area contributed by atoms with E-state index in [1.54, 1.807) is 12.1 Å². The molecule has 1 fully saturated rings. The maximum absolute atomic E-state index is 12.6. The lowest BCUT2D eigenvalue weighted by molar-refractivity contribution is 0.0600. The average molecular weight is 404 g/mol. The van der Waals surface area contributed by atoms with Crippen molar-refractivity contribution in [3.8, 4) is 0 Å². The number of rotatable bonds is 6. The maximum atomic E-state index is 12.6. The fraction of sp³-hybridized carbons (Fsp3) is 0.400. The third-order valence-corrected chi connectivity index (χ3v) is 6.84. The number of aryl methyl sites for hydroxylation is 1. The highest BCUT2D eigenvalue weighted by molar-refractivity contribution is 7.90. The van der Waals surface area contributed by atoms with Gasteiger partial charge in [-0.25, -0.2) is 17.9 Å². The number of esters is 1. The van der Waals surface area contributed by atoms with Gasteiger partial charge in [0.25, 0.3) is 0 Å². The molecule has 1 saturated heterocycles. The quantitative estimate of drug-likeness (QED) is 0.745. The van der Waals surface area contributed by atoms with Crippen molar-refractivity contribution >= 4 is 21.7 Å². The first-order valence-corrected chi connectivity index (χ1v) is 10.8. The topological polar surface area (TPSA) is 88.6 Å². The number of carbonyl (C=O) groups excluding carboxylic acids is 1. The van der Waals surface area contributed by atoms with Crippen molar-refractivity contribution in [1.82, 2.24) is 9.71 Å². The number of benzene rings is 1. The van der Waals surface area contributed by atoms with Crippen LogP contribution < -0.4 is 9.62 Å². The Balaban J connectivity index is 1.55. The van der Waals surface area contributed by atoms with Gasteiger partial charge >= 0.3 is 5.97 Å². The molecule has 1 aromatic heterocycles. The molecule has 0 atom stereocenters. The number of carbonyl (C=O) groups is 1. The van der Waals surface area contributed by atoms with Gasteiger partial charge in [0, 0.05) is 25.0 Å². The Hall–Kier alpha value is -2.45. The summed E-state index contributed by atoms with van der Waals surface area (Å²) in [5, 5.41) is -0.414. The molecule has 0 spiro atoms.